The molecule has 6 heteroatoms. The monoisotopic (exact) mass is 261 g/mol. The minimum Gasteiger partial charge on any atom is -0.326 e. The molecular formula is C12H18F3N3. The van der Waals surface area contributed by atoms with Gasteiger partial charge in [0.1, 0.15) is 6.04 Å². The first-order valence-electron chi connectivity index (χ1n) is 5.67. The normalized spacial score (nSPS) is 15.8. The molecule has 0 amide bonds. The van der Waals surface area contributed by atoms with E-state index in [0.29, 0.717) is 5.69 Å². The molecule has 0 saturated carbocycles. The van der Waals surface area contributed by atoms with E-state index in [4.69, 9.17) is 5.73 Å². The average Bonchev–Trinajstić information content (AvgIpc) is 2.13. The van der Waals surface area contributed by atoms with Gasteiger partial charge < -0.3 is 5.73 Å². The summed E-state index contributed by atoms with van der Waals surface area (Å²) in [6, 6.07) is 2.63. The van der Waals surface area contributed by atoms with Crippen LogP contribution in [0.5, 0.6) is 0 Å². The van der Waals surface area contributed by atoms with E-state index in [1.807, 2.05) is 0 Å². The number of likely N-dealkylation sites (N-methyl/N-ethyl adjacent to an activating group) is 1. The predicted molar refractivity (Wildman–Crippen MR) is 63.9 cm³/mol. The van der Waals surface area contributed by atoms with Crippen LogP contribution in [-0.2, 0) is 6.54 Å². The lowest BCUT2D eigenvalue weighted by Crippen LogP contribution is -2.53. The van der Waals surface area contributed by atoms with Crippen molar-refractivity contribution < 1.29 is 13.2 Å². The maximum atomic E-state index is 12.9. The van der Waals surface area contributed by atoms with E-state index in [1.165, 1.54) is 18.9 Å². The number of hydrogen-bond acceptors (Lipinski definition) is 3. The largest absolute Gasteiger partial charge is 0.405 e. The first-order chi connectivity index (χ1) is 8.21. The highest BCUT2D eigenvalue weighted by Gasteiger charge is 2.44. The van der Waals surface area contributed by atoms with Crippen LogP contribution in [0.4, 0.5) is 13.2 Å². The number of aryl methyl sites for hydroxylation is 1. The Balaban J connectivity index is 2.82. The molecule has 18 heavy (non-hydrogen) atoms. The molecule has 1 aromatic heterocycles. The molecule has 2 unspecified atom stereocenters. The zero-order valence-electron chi connectivity index (χ0n) is 10.7. The number of pyridine rings is 1. The smallest absolute Gasteiger partial charge is 0.326 e. The first kappa shape index (κ1) is 14.9. The molecule has 2 atom stereocenters. The summed E-state index contributed by atoms with van der Waals surface area (Å²) < 4.78 is 38.6. The van der Waals surface area contributed by atoms with E-state index in [2.05, 4.69) is 4.98 Å². The lowest BCUT2D eigenvalue weighted by Gasteiger charge is -2.32. The van der Waals surface area contributed by atoms with Crippen molar-refractivity contribution in [1.82, 2.24) is 9.88 Å². The minimum absolute atomic E-state index is 0.118. The summed E-state index contributed by atoms with van der Waals surface area (Å²) in [7, 11) is 1.41. The number of nitrogens with two attached hydrogens (primary N) is 1. The number of nitrogens with zero attached hydrogens (tertiary/aromatic N) is 2. The van der Waals surface area contributed by atoms with Crippen molar-refractivity contribution in [3.8, 4) is 0 Å². The Morgan fingerprint density at radius 2 is 2.00 bits per heavy atom. The van der Waals surface area contributed by atoms with Crippen molar-refractivity contribution in [3.63, 3.8) is 0 Å². The number of alkyl halides is 3. The van der Waals surface area contributed by atoms with Crippen molar-refractivity contribution in [3.05, 3.63) is 29.6 Å². The fraction of sp³-hybridized carbons (Fsp3) is 0.583. The summed E-state index contributed by atoms with van der Waals surface area (Å²) in [6.45, 7) is 3.28. The van der Waals surface area contributed by atoms with Gasteiger partial charge in [-0.05, 0) is 33.0 Å². The molecule has 2 N–H and O–H groups in total. The first-order valence-corrected chi connectivity index (χ1v) is 5.67. The van der Waals surface area contributed by atoms with Crippen LogP contribution < -0.4 is 5.73 Å². The van der Waals surface area contributed by atoms with Gasteiger partial charge in [-0.3, -0.25) is 9.88 Å². The van der Waals surface area contributed by atoms with Gasteiger partial charge in [0.2, 0.25) is 0 Å². The molecule has 3 nitrogen and oxygen atoms in total. The van der Waals surface area contributed by atoms with E-state index in [-0.39, 0.29) is 6.54 Å². The van der Waals surface area contributed by atoms with E-state index in [0.717, 1.165) is 5.69 Å². The zero-order valence-corrected chi connectivity index (χ0v) is 10.7. The molecule has 0 aliphatic rings. The van der Waals surface area contributed by atoms with Crippen LogP contribution in [0.15, 0.2) is 18.2 Å². The van der Waals surface area contributed by atoms with Gasteiger partial charge in [-0.2, -0.15) is 13.2 Å². The van der Waals surface area contributed by atoms with E-state index in [1.54, 1.807) is 25.1 Å². The van der Waals surface area contributed by atoms with Gasteiger partial charge in [-0.15, -0.1) is 0 Å². The zero-order chi connectivity index (χ0) is 13.9. The van der Waals surface area contributed by atoms with Crippen LogP contribution >= 0.6 is 0 Å². The summed E-state index contributed by atoms with van der Waals surface area (Å²) in [5.74, 6) is 0. The van der Waals surface area contributed by atoms with Crippen LogP contribution in [0.25, 0.3) is 0 Å². The lowest BCUT2D eigenvalue weighted by molar-refractivity contribution is -0.186. The Morgan fingerprint density at radius 3 is 2.44 bits per heavy atom. The maximum Gasteiger partial charge on any atom is 0.405 e. The van der Waals surface area contributed by atoms with Crippen LogP contribution in [0.3, 0.4) is 0 Å². The molecule has 1 heterocycles. The third-order valence-electron chi connectivity index (χ3n) is 2.67. The van der Waals surface area contributed by atoms with Crippen molar-refractivity contribution in [2.75, 3.05) is 7.05 Å². The van der Waals surface area contributed by atoms with Crippen molar-refractivity contribution in [2.45, 2.75) is 38.7 Å². The van der Waals surface area contributed by atoms with Gasteiger partial charge in [0, 0.05) is 18.3 Å². The number of rotatable bonds is 4. The standard InChI is InChI=1S/C12H18F3N3/c1-8-5-4-6-10(17-8)7-18(3)11(9(2)16)12(13,14)15/h4-6,9,11H,7,16H2,1-3H3. The molecule has 0 aromatic carbocycles. The highest BCUT2D eigenvalue weighted by Crippen LogP contribution is 2.26. The predicted octanol–water partition coefficient (Wildman–Crippen LogP) is 2.10. The second-order valence-electron chi connectivity index (χ2n) is 4.53. The van der Waals surface area contributed by atoms with Gasteiger partial charge >= 0.3 is 6.18 Å². The summed E-state index contributed by atoms with van der Waals surface area (Å²) in [4.78, 5) is 5.37. The fourth-order valence-electron chi connectivity index (χ4n) is 1.99. The molecule has 1 aromatic rings. The highest BCUT2D eigenvalue weighted by molar-refractivity contribution is 5.10. The van der Waals surface area contributed by atoms with Crippen LogP contribution in [-0.4, -0.2) is 35.2 Å². The van der Waals surface area contributed by atoms with Crippen LogP contribution in [0.2, 0.25) is 0 Å². The molecule has 102 valence electrons. The topological polar surface area (TPSA) is 42.1 Å². The van der Waals surface area contributed by atoms with Gasteiger partial charge in [0.15, 0.2) is 0 Å². The maximum absolute atomic E-state index is 12.9. The van der Waals surface area contributed by atoms with Gasteiger partial charge in [-0.1, -0.05) is 6.07 Å². The fourth-order valence-corrected chi connectivity index (χ4v) is 1.99. The third kappa shape index (κ3) is 3.96. The van der Waals surface area contributed by atoms with Crippen LogP contribution in [0, 0.1) is 6.92 Å². The van der Waals surface area contributed by atoms with Crippen molar-refractivity contribution in [2.24, 2.45) is 5.73 Å². The highest BCUT2D eigenvalue weighted by atomic mass is 19.4. The molecule has 0 bridgehead atoms. The lowest BCUT2D eigenvalue weighted by atomic mass is 10.1. The summed E-state index contributed by atoms with van der Waals surface area (Å²) in [5, 5.41) is 0. The summed E-state index contributed by atoms with van der Waals surface area (Å²) in [6.07, 6.45) is -4.34. The molecule has 1 rings (SSSR count). The summed E-state index contributed by atoms with van der Waals surface area (Å²) >= 11 is 0. The SMILES string of the molecule is Cc1cccc(CN(C)C(C(C)N)C(F)(F)F)n1. The molecule has 0 aliphatic carbocycles. The summed E-state index contributed by atoms with van der Waals surface area (Å²) in [5.41, 5.74) is 6.81. The molecule has 0 saturated heterocycles. The third-order valence-corrected chi connectivity index (χ3v) is 2.67. The Hall–Kier alpha value is -1.14. The molecule has 0 spiro atoms. The van der Waals surface area contributed by atoms with E-state index < -0.39 is 18.3 Å². The minimum atomic E-state index is -4.34. The molecule has 0 aliphatic heterocycles. The molecular weight excluding hydrogens is 243 g/mol. The van der Waals surface area contributed by atoms with Crippen LogP contribution in [0.1, 0.15) is 18.3 Å². The number of halogens is 3. The molecule has 0 radical (unpaired) electrons. The average molecular weight is 261 g/mol. The Bertz CT molecular complexity index is 390. The van der Waals surface area contributed by atoms with Gasteiger partial charge in [0.05, 0.1) is 5.69 Å². The Labute approximate surface area is 105 Å². The van der Waals surface area contributed by atoms with Gasteiger partial charge in [0.25, 0.3) is 0 Å². The Kier molecular flexibility index (Phi) is 4.70. The number of aromatic nitrogens is 1. The van der Waals surface area contributed by atoms with E-state index >= 15 is 0 Å². The Morgan fingerprint density at radius 1 is 1.39 bits per heavy atom. The second-order valence-corrected chi connectivity index (χ2v) is 4.53. The number of hydrogen-bond donors (Lipinski definition) is 1. The second kappa shape index (κ2) is 5.67. The quantitative estimate of drug-likeness (QED) is 0.902. The van der Waals surface area contributed by atoms with Crippen molar-refractivity contribution in [1.29, 1.82) is 0 Å². The van der Waals surface area contributed by atoms with Crippen molar-refractivity contribution >= 4 is 0 Å². The van der Waals surface area contributed by atoms with E-state index in [9.17, 15) is 13.2 Å². The molecule has 0 fully saturated rings. The van der Waals surface area contributed by atoms with Gasteiger partial charge in [-0.25, -0.2) is 0 Å².